The monoisotopic (exact) mass is 356 g/mol. The SMILES string of the molecule is Cc1cccc(OCCC(=O)OCC(=O)Nc2ccc(C(N)=O)cc2)c1. The van der Waals surface area contributed by atoms with Gasteiger partial charge < -0.3 is 20.5 Å². The van der Waals surface area contributed by atoms with E-state index in [0.29, 0.717) is 17.0 Å². The summed E-state index contributed by atoms with van der Waals surface area (Å²) >= 11 is 0. The number of benzene rings is 2. The van der Waals surface area contributed by atoms with Crippen molar-refractivity contribution in [3.63, 3.8) is 0 Å². The minimum absolute atomic E-state index is 0.0362. The number of ether oxygens (including phenoxy) is 2. The predicted octanol–water partition coefficient (Wildman–Crippen LogP) is 2.04. The highest BCUT2D eigenvalue weighted by molar-refractivity contribution is 5.95. The molecular weight excluding hydrogens is 336 g/mol. The first-order chi connectivity index (χ1) is 12.4. The van der Waals surface area contributed by atoms with Gasteiger partial charge in [0.05, 0.1) is 13.0 Å². The average molecular weight is 356 g/mol. The van der Waals surface area contributed by atoms with Crippen LogP contribution in [0.25, 0.3) is 0 Å². The normalized spacial score (nSPS) is 10.0. The van der Waals surface area contributed by atoms with E-state index in [1.807, 2.05) is 25.1 Å². The Hall–Kier alpha value is -3.35. The molecule has 0 spiro atoms. The van der Waals surface area contributed by atoms with Gasteiger partial charge in [-0.05, 0) is 48.9 Å². The Morgan fingerprint density at radius 1 is 1.08 bits per heavy atom. The van der Waals surface area contributed by atoms with Gasteiger partial charge in [-0.3, -0.25) is 14.4 Å². The lowest BCUT2D eigenvalue weighted by Gasteiger charge is -2.08. The van der Waals surface area contributed by atoms with E-state index in [4.69, 9.17) is 15.2 Å². The van der Waals surface area contributed by atoms with Crippen LogP contribution in [-0.2, 0) is 14.3 Å². The Morgan fingerprint density at radius 3 is 2.46 bits per heavy atom. The van der Waals surface area contributed by atoms with E-state index in [2.05, 4.69) is 5.32 Å². The molecule has 0 atom stereocenters. The Balaban J connectivity index is 1.68. The van der Waals surface area contributed by atoms with Crippen molar-refractivity contribution in [2.45, 2.75) is 13.3 Å². The quantitative estimate of drug-likeness (QED) is 0.704. The summed E-state index contributed by atoms with van der Waals surface area (Å²) in [7, 11) is 0. The summed E-state index contributed by atoms with van der Waals surface area (Å²) in [6.45, 7) is 1.71. The Kier molecular flexibility index (Phi) is 6.73. The minimum Gasteiger partial charge on any atom is -0.493 e. The summed E-state index contributed by atoms with van der Waals surface area (Å²) in [4.78, 5) is 34.4. The van der Waals surface area contributed by atoms with Crippen LogP contribution in [0.3, 0.4) is 0 Å². The fraction of sp³-hybridized carbons (Fsp3) is 0.211. The molecule has 0 aromatic heterocycles. The minimum atomic E-state index is -0.551. The molecule has 0 radical (unpaired) electrons. The van der Waals surface area contributed by atoms with Crippen LogP contribution < -0.4 is 15.8 Å². The molecule has 0 saturated carbocycles. The molecule has 136 valence electrons. The van der Waals surface area contributed by atoms with Gasteiger partial charge >= 0.3 is 5.97 Å². The number of anilines is 1. The number of hydrogen-bond acceptors (Lipinski definition) is 5. The van der Waals surface area contributed by atoms with Crippen LogP contribution in [0.1, 0.15) is 22.3 Å². The van der Waals surface area contributed by atoms with Crippen LogP contribution >= 0.6 is 0 Å². The molecule has 0 bridgehead atoms. The van der Waals surface area contributed by atoms with Crippen molar-refractivity contribution in [3.8, 4) is 5.75 Å². The van der Waals surface area contributed by atoms with Crippen molar-refractivity contribution in [3.05, 3.63) is 59.7 Å². The van der Waals surface area contributed by atoms with E-state index in [1.54, 1.807) is 6.07 Å². The zero-order valence-corrected chi connectivity index (χ0v) is 14.4. The highest BCUT2D eigenvalue weighted by atomic mass is 16.5. The highest BCUT2D eigenvalue weighted by Gasteiger charge is 2.09. The standard InChI is InChI=1S/C19H20N2O5/c1-13-3-2-4-16(11-13)25-10-9-18(23)26-12-17(22)21-15-7-5-14(6-8-15)19(20)24/h2-8,11H,9-10,12H2,1H3,(H2,20,24)(H,21,22). The topological polar surface area (TPSA) is 108 Å². The molecule has 2 rings (SSSR count). The summed E-state index contributed by atoms with van der Waals surface area (Å²) in [6.07, 6.45) is 0.0362. The Bertz CT molecular complexity index is 787. The van der Waals surface area contributed by atoms with E-state index < -0.39 is 24.4 Å². The van der Waals surface area contributed by atoms with Gasteiger partial charge in [-0.2, -0.15) is 0 Å². The molecule has 3 N–H and O–H groups in total. The van der Waals surface area contributed by atoms with Gasteiger partial charge in [-0.25, -0.2) is 0 Å². The van der Waals surface area contributed by atoms with Crippen molar-refractivity contribution in [1.82, 2.24) is 0 Å². The number of rotatable bonds is 8. The average Bonchev–Trinajstić information content (AvgIpc) is 2.60. The van der Waals surface area contributed by atoms with Gasteiger partial charge in [0.25, 0.3) is 5.91 Å². The van der Waals surface area contributed by atoms with Gasteiger partial charge in [-0.15, -0.1) is 0 Å². The van der Waals surface area contributed by atoms with Gasteiger partial charge in [-0.1, -0.05) is 12.1 Å². The van der Waals surface area contributed by atoms with Crippen LogP contribution in [0.2, 0.25) is 0 Å². The molecule has 2 aromatic carbocycles. The fourth-order valence-corrected chi connectivity index (χ4v) is 2.09. The van der Waals surface area contributed by atoms with Crippen LogP contribution in [0.15, 0.2) is 48.5 Å². The highest BCUT2D eigenvalue weighted by Crippen LogP contribution is 2.12. The predicted molar refractivity (Wildman–Crippen MR) is 95.8 cm³/mol. The lowest BCUT2D eigenvalue weighted by Crippen LogP contribution is -2.21. The van der Waals surface area contributed by atoms with Gasteiger partial charge in [0.2, 0.25) is 5.91 Å². The summed E-state index contributed by atoms with van der Waals surface area (Å²) < 4.78 is 10.3. The van der Waals surface area contributed by atoms with Gasteiger partial charge in [0.1, 0.15) is 5.75 Å². The van der Waals surface area contributed by atoms with E-state index in [1.165, 1.54) is 24.3 Å². The molecule has 0 heterocycles. The largest absolute Gasteiger partial charge is 0.493 e. The van der Waals surface area contributed by atoms with Crippen molar-refractivity contribution < 1.29 is 23.9 Å². The van der Waals surface area contributed by atoms with Crippen molar-refractivity contribution in [2.75, 3.05) is 18.5 Å². The molecule has 0 aliphatic rings. The number of aryl methyl sites for hydroxylation is 1. The lowest BCUT2D eigenvalue weighted by molar-refractivity contribution is -0.147. The third kappa shape index (κ3) is 6.27. The summed E-state index contributed by atoms with van der Waals surface area (Å²) in [5.41, 5.74) is 7.00. The molecule has 7 nitrogen and oxygen atoms in total. The molecule has 7 heteroatoms. The first kappa shape index (κ1) is 19.0. The maximum Gasteiger partial charge on any atom is 0.309 e. The number of carbonyl (C=O) groups excluding carboxylic acids is 3. The maximum atomic E-state index is 11.8. The second-order valence-electron chi connectivity index (χ2n) is 5.57. The zero-order valence-electron chi connectivity index (χ0n) is 14.4. The first-order valence-electron chi connectivity index (χ1n) is 7.99. The summed E-state index contributed by atoms with van der Waals surface area (Å²) in [6, 6.07) is 13.5. The molecular formula is C19H20N2O5. The molecule has 0 aliphatic carbocycles. The summed E-state index contributed by atoms with van der Waals surface area (Å²) in [5.74, 6) is -0.888. The summed E-state index contributed by atoms with van der Waals surface area (Å²) in [5, 5.41) is 2.55. The number of amides is 2. The van der Waals surface area contributed by atoms with Crippen LogP contribution in [0.5, 0.6) is 5.75 Å². The number of hydrogen-bond donors (Lipinski definition) is 2. The number of nitrogens with two attached hydrogens (primary N) is 1. The van der Waals surface area contributed by atoms with E-state index >= 15 is 0 Å². The van der Waals surface area contributed by atoms with E-state index in [-0.39, 0.29) is 13.0 Å². The van der Waals surface area contributed by atoms with Crippen molar-refractivity contribution in [2.24, 2.45) is 5.73 Å². The second-order valence-corrected chi connectivity index (χ2v) is 5.57. The van der Waals surface area contributed by atoms with Gasteiger partial charge in [0, 0.05) is 11.3 Å². The molecule has 2 aromatic rings. The molecule has 0 aliphatic heterocycles. The Labute approximate surface area is 151 Å². The maximum absolute atomic E-state index is 11.8. The third-order valence-corrected chi connectivity index (χ3v) is 3.38. The zero-order chi connectivity index (χ0) is 18.9. The van der Waals surface area contributed by atoms with Crippen LogP contribution in [0.4, 0.5) is 5.69 Å². The van der Waals surface area contributed by atoms with Crippen molar-refractivity contribution in [1.29, 1.82) is 0 Å². The van der Waals surface area contributed by atoms with Crippen LogP contribution in [0, 0.1) is 6.92 Å². The third-order valence-electron chi connectivity index (χ3n) is 3.38. The first-order valence-corrected chi connectivity index (χ1v) is 7.99. The van der Waals surface area contributed by atoms with E-state index in [9.17, 15) is 14.4 Å². The van der Waals surface area contributed by atoms with Crippen molar-refractivity contribution >= 4 is 23.5 Å². The number of primary amides is 1. The fourth-order valence-electron chi connectivity index (χ4n) is 2.09. The van der Waals surface area contributed by atoms with Gasteiger partial charge in [0.15, 0.2) is 6.61 Å². The van der Waals surface area contributed by atoms with E-state index in [0.717, 1.165) is 5.56 Å². The number of nitrogens with one attached hydrogen (secondary N) is 1. The smallest absolute Gasteiger partial charge is 0.309 e. The Morgan fingerprint density at radius 2 is 1.81 bits per heavy atom. The molecule has 2 amide bonds. The number of esters is 1. The van der Waals surface area contributed by atoms with Crippen LogP contribution in [-0.4, -0.2) is 31.0 Å². The molecule has 0 saturated heterocycles. The lowest BCUT2D eigenvalue weighted by atomic mass is 10.2. The molecule has 0 unspecified atom stereocenters. The molecule has 26 heavy (non-hydrogen) atoms. The molecule has 0 fully saturated rings. The second kappa shape index (κ2) is 9.22. The number of carbonyl (C=O) groups is 3.